The van der Waals surface area contributed by atoms with Gasteiger partial charge >= 0.3 is 6.03 Å². The first-order valence-electron chi connectivity index (χ1n) is 12.0. The van der Waals surface area contributed by atoms with E-state index in [4.69, 9.17) is 9.47 Å². The van der Waals surface area contributed by atoms with E-state index < -0.39 is 22.8 Å². The van der Waals surface area contributed by atoms with E-state index >= 15 is 0 Å². The second-order valence-electron chi connectivity index (χ2n) is 8.76. The van der Waals surface area contributed by atoms with Crippen LogP contribution in [-0.4, -0.2) is 40.3 Å². The molecule has 11 heteroatoms. The number of nitrogens with one attached hydrogen (secondary N) is 1. The van der Waals surface area contributed by atoms with Gasteiger partial charge in [0.2, 0.25) is 0 Å². The highest BCUT2D eigenvalue weighted by Crippen LogP contribution is 2.38. The monoisotopic (exact) mass is 571 g/mol. The van der Waals surface area contributed by atoms with Crippen LogP contribution in [-0.2, 0) is 16.2 Å². The van der Waals surface area contributed by atoms with Crippen molar-refractivity contribution >= 4 is 45.5 Å². The molecule has 1 N–H and O–H groups in total. The second-order valence-corrected chi connectivity index (χ2v) is 9.62. The Morgan fingerprint density at radius 1 is 1.14 bits per heavy atom. The third-order valence-electron chi connectivity index (χ3n) is 6.22. The summed E-state index contributed by atoms with van der Waals surface area (Å²) in [6.45, 7) is 2.18. The van der Waals surface area contributed by atoms with Gasteiger partial charge in [-0.2, -0.15) is 0 Å². The van der Waals surface area contributed by atoms with Crippen LogP contribution in [0.2, 0.25) is 0 Å². The van der Waals surface area contributed by atoms with Crippen LogP contribution in [0.25, 0.3) is 6.08 Å². The van der Waals surface area contributed by atoms with E-state index in [9.17, 15) is 24.5 Å². The normalized spacial score (nSPS) is 17.6. The van der Waals surface area contributed by atoms with Gasteiger partial charge < -0.3 is 9.47 Å². The van der Waals surface area contributed by atoms with E-state index in [0.29, 0.717) is 33.7 Å². The van der Waals surface area contributed by atoms with E-state index in [2.05, 4.69) is 21.2 Å². The third kappa shape index (κ3) is 5.99. The van der Waals surface area contributed by atoms with Gasteiger partial charge in [-0.05, 0) is 65.0 Å². The van der Waals surface area contributed by atoms with Gasteiger partial charge in [-0.25, -0.2) is 4.79 Å². The minimum atomic E-state index is -0.748. The number of nitro groups is 1. The summed E-state index contributed by atoms with van der Waals surface area (Å²) in [5.41, 5.74) is 0.925. The number of nitrogens with zero attached hydrogens (tertiary/aromatic N) is 2. The van der Waals surface area contributed by atoms with Crippen LogP contribution in [0.5, 0.6) is 11.5 Å². The van der Waals surface area contributed by atoms with E-state index in [-0.39, 0.29) is 23.9 Å². The van der Waals surface area contributed by atoms with E-state index in [1.54, 1.807) is 31.2 Å². The highest BCUT2D eigenvalue weighted by atomic mass is 79.9. The zero-order chi connectivity index (χ0) is 26.5. The number of amides is 4. The van der Waals surface area contributed by atoms with Crippen LogP contribution in [0.4, 0.5) is 10.5 Å². The topological polar surface area (TPSA) is 128 Å². The van der Waals surface area contributed by atoms with Gasteiger partial charge in [0.05, 0.1) is 16.0 Å². The van der Waals surface area contributed by atoms with Crippen molar-refractivity contribution in [2.24, 2.45) is 0 Å². The number of ether oxygens (including phenoxy) is 2. The fourth-order valence-corrected chi connectivity index (χ4v) is 5.07. The molecular formula is C26H26BrN3O7. The van der Waals surface area contributed by atoms with Crippen molar-refractivity contribution in [3.63, 3.8) is 0 Å². The molecule has 10 nitrogen and oxygen atoms in total. The summed E-state index contributed by atoms with van der Waals surface area (Å²) in [5, 5.41) is 13.3. The molecule has 1 heterocycles. The number of rotatable bonds is 8. The van der Waals surface area contributed by atoms with Gasteiger partial charge in [0.1, 0.15) is 12.2 Å². The maximum atomic E-state index is 13.2. The van der Waals surface area contributed by atoms with Crippen LogP contribution < -0.4 is 14.8 Å². The molecule has 1 aliphatic carbocycles. The lowest BCUT2D eigenvalue weighted by atomic mass is 9.93. The molecule has 37 heavy (non-hydrogen) atoms. The van der Waals surface area contributed by atoms with Crippen molar-refractivity contribution in [1.82, 2.24) is 10.2 Å². The minimum Gasteiger partial charge on any atom is -0.490 e. The number of hydrogen-bond acceptors (Lipinski definition) is 7. The Labute approximate surface area is 221 Å². The van der Waals surface area contributed by atoms with Gasteiger partial charge in [0.25, 0.3) is 17.5 Å². The summed E-state index contributed by atoms with van der Waals surface area (Å²) in [6.07, 6.45) is 5.78. The SMILES string of the molecule is CCOc1cc(C=C2C(=O)NC(=O)N(C3CCCCC3)C2=O)cc(Br)c1OCc1cccc([N+](=O)[O-])c1. The summed E-state index contributed by atoms with van der Waals surface area (Å²) >= 11 is 3.47. The fraction of sp³-hybridized carbons (Fsp3) is 0.346. The average molecular weight is 572 g/mol. The molecule has 1 aliphatic heterocycles. The maximum Gasteiger partial charge on any atom is 0.331 e. The van der Waals surface area contributed by atoms with Crippen molar-refractivity contribution in [1.29, 1.82) is 0 Å². The molecule has 0 atom stereocenters. The Kier molecular flexibility index (Phi) is 8.22. The molecule has 2 aromatic rings. The van der Waals surface area contributed by atoms with E-state index in [0.717, 1.165) is 32.1 Å². The number of hydrogen-bond donors (Lipinski definition) is 1. The fourth-order valence-electron chi connectivity index (χ4n) is 4.50. The molecule has 0 bridgehead atoms. The molecule has 1 saturated carbocycles. The standard InChI is InChI=1S/C26H26BrN3O7/c1-2-36-22-14-17(13-21(27)23(22)37-15-16-7-6-10-19(11-16)30(34)35)12-20-24(31)28-26(33)29(25(20)32)18-8-4-3-5-9-18/h6-7,10-14,18H,2-5,8-9,15H2,1H3,(H,28,31,33). The zero-order valence-electron chi connectivity index (χ0n) is 20.2. The molecule has 194 valence electrons. The van der Waals surface area contributed by atoms with Gasteiger partial charge in [-0.1, -0.05) is 31.4 Å². The van der Waals surface area contributed by atoms with Crippen molar-refractivity contribution in [2.75, 3.05) is 6.61 Å². The van der Waals surface area contributed by atoms with Crippen LogP contribution in [0.15, 0.2) is 46.4 Å². The predicted molar refractivity (Wildman–Crippen MR) is 138 cm³/mol. The van der Waals surface area contributed by atoms with E-state index in [1.165, 1.54) is 23.1 Å². The maximum absolute atomic E-state index is 13.2. The Morgan fingerprint density at radius 2 is 1.89 bits per heavy atom. The number of imide groups is 2. The first kappa shape index (κ1) is 26.3. The molecule has 0 unspecified atom stereocenters. The number of carbonyl (C=O) groups is 3. The molecule has 2 fully saturated rings. The zero-order valence-corrected chi connectivity index (χ0v) is 21.8. The molecule has 1 saturated heterocycles. The van der Waals surface area contributed by atoms with Gasteiger partial charge in [0, 0.05) is 18.2 Å². The third-order valence-corrected chi connectivity index (χ3v) is 6.81. The molecule has 2 aromatic carbocycles. The predicted octanol–water partition coefficient (Wildman–Crippen LogP) is 5.13. The second kappa shape index (κ2) is 11.5. The largest absolute Gasteiger partial charge is 0.490 e. The summed E-state index contributed by atoms with van der Waals surface area (Å²) in [7, 11) is 0. The van der Waals surface area contributed by atoms with Crippen LogP contribution in [0, 0.1) is 10.1 Å². The molecule has 0 spiro atoms. The van der Waals surface area contributed by atoms with Gasteiger partial charge in [0.15, 0.2) is 11.5 Å². The number of benzene rings is 2. The summed E-state index contributed by atoms with van der Waals surface area (Å²) in [6, 6.07) is 8.52. The lowest BCUT2D eigenvalue weighted by Gasteiger charge is -2.35. The van der Waals surface area contributed by atoms with Crippen LogP contribution in [0.3, 0.4) is 0 Å². The Bertz CT molecular complexity index is 1270. The lowest BCUT2D eigenvalue weighted by Crippen LogP contribution is -2.58. The molecular weight excluding hydrogens is 546 g/mol. The van der Waals surface area contributed by atoms with Crippen LogP contribution in [0.1, 0.15) is 50.2 Å². The first-order chi connectivity index (χ1) is 17.8. The number of nitro benzene ring substituents is 1. The van der Waals surface area contributed by atoms with Crippen molar-refractivity contribution in [2.45, 2.75) is 51.7 Å². The highest BCUT2D eigenvalue weighted by molar-refractivity contribution is 9.10. The van der Waals surface area contributed by atoms with Gasteiger partial charge in [-0.3, -0.25) is 29.9 Å². The average Bonchev–Trinajstić information content (AvgIpc) is 2.87. The lowest BCUT2D eigenvalue weighted by molar-refractivity contribution is -0.384. The number of urea groups is 1. The molecule has 4 amide bonds. The summed E-state index contributed by atoms with van der Waals surface area (Å²) in [4.78, 5) is 50.0. The van der Waals surface area contributed by atoms with E-state index in [1.807, 2.05) is 0 Å². The minimum absolute atomic E-state index is 0.0386. The Balaban J connectivity index is 1.61. The Morgan fingerprint density at radius 3 is 2.59 bits per heavy atom. The molecule has 2 aliphatic rings. The quantitative estimate of drug-likeness (QED) is 0.201. The Hall–Kier alpha value is -3.73. The van der Waals surface area contributed by atoms with Crippen LogP contribution >= 0.6 is 15.9 Å². The molecule has 0 radical (unpaired) electrons. The number of halogens is 1. The summed E-state index contributed by atoms with van der Waals surface area (Å²) in [5.74, 6) is -0.630. The number of non-ortho nitro benzene ring substituents is 1. The van der Waals surface area contributed by atoms with Crippen molar-refractivity contribution in [3.8, 4) is 11.5 Å². The number of barbiturate groups is 1. The highest BCUT2D eigenvalue weighted by Gasteiger charge is 2.40. The summed E-state index contributed by atoms with van der Waals surface area (Å²) < 4.78 is 12.2. The smallest absolute Gasteiger partial charge is 0.331 e. The van der Waals surface area contributed by atoms with Crippen molar-refractivity contribution < 1.29 is 28.8 Å². The first-order valence-corrected chi connectivity index (χ1v) is 12.8. The molecule has 0 aromatic heterocycles. The number of carbonyl (C=O) groups excluding carboxylic acids is 3. The van der Waals surface area contributed by atoms with Crippen molar-refractivity contribution in [3.05, 3.63) is 67.7 Å². The molecule has 4 rings (SSSR count). The van der Waals surface area contributed by atoms with Gasteiger partial charge in [-0.15, -0.1) is 0 Å².